The molecule has 1 amide bonds. The third-order valence-electron chi connectivity index (χ3n) is 2.85. The Hall–Kier alpha value is -0.940. The van der Waals surface area contributed by atoms with Gasteiger partial charge < -0.3 is 9.80 Å². The molecular weight excluding hydrogens is 234 g/mol. The zero-order valence-corrected chi connectivity index (χ0v) is 10.6. The normalized spacial score (nSPS) is 16.7. The van der Waals surface area contributed by atoms with Crippen LogP contribution in [0.1, 0.15) is 18.1 Å². The quantitative estimate of drug-likeness (QED) is 0.801. The second-order valence-electron chi connectivity index (χ2n) is 4.22. The minimum Gasteiger partial charge on any atom is -0.340 e. The molecule has 2 rings (SSSR count). The molecule has 0 spiro atoms. The molecule has 2 heterocycles. The molecule has 1 aliphatic rings. The van der Waals surface area contributed by atoms with Crippen molar-refractivity contribution in [3.8, 4) is 0 Å². The first-order valence-electron chi connectivity index (χ1n) is 5.52. The van der Waals surface area contributed by atoms with Crippen molar-refractivity contribution in [1.29, 1.82) is 0 Å². The predicted octanol–water partition coefficient (Wildman–Crippen LogP) is 1.40. The molecule has 96 valence electrons. The van der Waals surface area contributed by atoms with E-state index in [1.54, 1.807) is 11.3 Å². The van der Waals surface area contributed by atoms with Gasteiger partial charge in [-0.3, -0.25) is 4.79 Å². The first-order chi connectivity index (χ1) is 7.65. The summed E-state index contributed by atoms with van der Waals surface area (Å²) >= 11 is 1.60. The molecule has 1 aliphatic heterocycles. The number of amides is 1. The molecular formula is C12H21N3OS. The first-order valence-corrected chi connectivity index (χ1v) is 6.40. The van der Waals surface area contributed by atoms with E-state index < -0.39 is 0 Å². The smallest absolute Gasteiger partial charge is 0.228 e. The molecule has 1 aromatic heterocycles. The van der Waals surface area contributed by atoms with Gasteiger partial charge in [-0.2, -0.15) is 0 Å². The summed E-state index contributed by atoms with van der Waals surface area (Å²) in [5.41, 5.74) is 0.909. The number of thiazole rings is 1. The van der Waals surface area contributed by atoms with Gasteiger partial charge in [0.25, 0.3) is 0 Å². The zero-order valence-electron chi connectivity index (χ0n) is 9.77. The minimum absolute atomic E-state index is 0. The Labute approximate surface area is 107 Å². The van der Waals surface area contributed by atoms with Gasteiger partial charge in [0.15, 0.2) is 0 Å². The summed E-state index contributed by atoms with van der Waals surface area (Å²) in [4.78, 5) is 20.5. The molecule has 4 nitrogen and oxygen atoms in total. The van der Waals surface area contributed by atoms with Crippen LogP contribution < -0.4 is 0 Å². The molecule has 0 bridgehead atoms. The number of aryl methyl sites for hydroxylation is 1. The van der Waals surface area contributed by atoms with E-state index in [0.29, 0.717) is 6.42 Å². The van der Waals surface area contributed by atoms with Crippen LogP contribution in [0.2, 0.25) is 0 Å². The third-order valence-corrected chi connectivity index (χ3v) is 3.68. The van der Waals surface area contributed by atoms with Gasteiger partial charge in [0.2, 0.25) is 5.91 Å². The van der Waals surface area contributed by atoms with E-state index in [4.69, 9.17) is 0 Å². The highest BCUT2D eigenvalue weighted by atomic mass is 32.1. The van der Waals surface area contributed by atoms with Crippen molar-refractivity contribution in [2.24, 2.45) is 0 Å². The maximum atomic E-state index is 12.0. The molecule has 0 N–H and O–H groups in total. The molecule has 0 aromatic carbocycles. The van der Waals surface area contributed by atoms with Gasteiger partial charge in [0.05, 0.1) is 17.1 Å². The second-order valence-corrected chi connectivity index (χ2v) is 5.28. The standard InChI is InChI=1S/C11H17N3OS.CH4/c1-9-12-10(8-16-9)7-11(15)14-5-3-13(2)4-6-14;/h8H,3-7H2,1-2H3;1H4. The Kier molecular flexibility index (Phi) is 5.08. The van der Waals surface area contributed by atoms with Gasteiger partial charge in [0.1, 0.15) is 0 Å². The van der Waals surface area contributed by atoms with E-state index in [1.807, 2.05) is 17.2 Å². The van der Waals surface area contributed by atoms with Crippen LogP contribution in [0.3, 0.4) is 0 Å². The van der Waals surface area contributed by atoms with Gasteiger partial charge in [-0.25, -0.2) is 4.98 Å². The topological polar surface area (TPSA) is 36.4 Å². The number of rotatable bonds is 2. The summed E-state index contributed by atoms with van der Waals surface area (Å²) in [7, 11) is 2.09. The summed E-state index contributed by atoms with van der Waals surface area (Å²) in [6.07, 6.45) is 0.452. The van der Waals surface area contributed by atoms with E-state index in [2.05, 4.69) is 16.9 Å². The second kappa shape index (κ2) is 6.12. The van der Waals surface area contributed by atoms with Gasteiger partial charge >= 0.3 is 0 Å². The number of piperazine rings is 1. The summed E-state index contributed by atoms with van der Waals surface area (Å²) in [6, 6.07) is 0. The highest BCUT2D eigenvalue weighted by Gasteiger charge is 2.19. The Morgan fingerprint density at radius 3 is 2.59 bits per heavy atom. The van der Waals surface area contributed by atoms with Crippen LogP contribution in [0.15, 0.2) is 5.38 Å². The van der Waals surface area contributed by atoms with Crippen LogP contribution in [-0.2, 0) is 11.2 Å². The van der Waals surface area contributed by atoms with Crippen LogP contribution in [0.25, 0.3) is 0 Å². The zero-order chi connectivity index (χ0) is 11.5. The minimum atomic E-state index is 0. The fraction of sp³-hybridized carbons (Fsp3) is 0.667. The van der Waals surface area contributed by atoms with Crippen molar-refractivity contribution in [1.82, 2.24) is 14.8 Å². The number of carbonyl (C=O) groups is 1. The van der Waals surface area contributed by atoms with Crippen molar-refractivity contribution in [3.63, 3.8) is 0 Å². The number of hydrogen-bond donors (Lipinski definition) is 0. The van der Waals surface area contributed by atoms with Crippen LogP contribution >= 0.6 is 11.3 Å². The average Bonchev–Trinajstić information content (AvgIpc) is 2.65. The highest BCUT2D eigenvalue weighted by molar-refractivity contribution is 7.09. The molecule has 1 fully saturated rings. The van der Waals surface area contributed by atoms with Crippen LogP contribution in [-0.4, -0.2) is 53.9 Å². The van der Waals surface area contributed by atoms with Crippen molar-refractivity contribution in [2.45, 2.75) is 20.8 Å². The number of hydrogen-bond acceptors (Lipinski definition) is 4. The molecule has 0 atom stereocenters. The van der Waals surface area contributed by atoms with Crippen LogP contribution in [0, 0.1) is 6.92 Å². The lowest BCUT2D eigenvalue weighted by Crippen LogP contribution is -2.47. The summed E-state index contributed by atoms with van der Waals surface area (Å²) in [5.74, 6) is 0.207. The van der Waals surface area contributed by atoms with E-state index in [-0.39, 0.29) is 13.3 Å². The Bertz CT molecular complexity index is 370. The monoisotopic (exact) mass is 255 g/mol. The summed E-state index contributed by atoms with van der Waals surface area (Å²) in [6.45, 7) is 5.61. The van der Waals surface area contributed by atoms with Crippen molar-refractivity contribution < 1.29 is 4.79 Å². The number of nitrogens with zero attached hydrogens (tertiary/aromatic N) is 3. The van der Waals surface area contributed by atoms with Crippen molar-refractivity contribution in [3.05, 3.63) is 16.1 Å². The molecule has 1 saturated heterocycles. The Morgan fingerprint density at radius 2 is 2.06 bits per heavy atom. The van der Waals surface area contributed by atoms with Crippen molar-refractivity contribution >= 4 is 17.2 Å². The van der Waals surface area contributed by atoms with E-state index >= 15 is 0 Å². The SMILES string of the molecule is C.Cc1nc(CC(=O)N2CCN(C)CC2)cs1. The molecule has 0 unspecified atom stereocenters. The number of aromatic nitrogens is 1. The predicted molar refractivity (Wildman–Crippen MR) is 71.4 cm³/mol. The van der Waals surface area contributed by atoms with Gasteiger partial charge in [-0.1, -0.05) is 7.43 Å². The van der Waals surface area contributed by atoms with Gasteiger partial charge in [-0.15, -0.1) is 11.3 Å². The molecule has 0 aliphatic carbocycles. The Morgan fingerprint density at radius 1 is 1.41 bits per heavy atom. The van der Waals surface area contributed by atoms with E-state index in [9.17, 15) is 4.79 Å². The molecule has 5 heteroatoms. The lowest BCUT2D eigenvalue weighted by molar-refractivity contribution is -0.132. The largest absolute Gasteiger partial charge is 0.340 e. The average molecular weight is 255 g/mol. The molecule has 0 saturated carbocycles. The molecule has 0 radical (unpaired) electrons. The number of carbonyl (C=O) groups excluding carboxylic acids is 1. The van der Waals surface area contributed by atoms with Gasteiger partial charge in [0, 0.05) is 31.6 Å². The van der Waals surface area contributed by atoms with Crippen LogP contribution in [0.5, 0.6) is 0 Å². The maximum Gasteiger partial charge on any atom is 0.228 e. The summed E-state index contributed by atoms with van der Waals surface area (Å²) < 4.78 is 0. The van der Waals surface area contributed by atoms with E-state index in [1.165, 1.54) is 0 Å². The van der Waals surface area contributed by atoms with E-state index in [0.717, 1.165) is 36.9 Å². The Balaban J connectivity index is 0.00000144. The van der Waals surface area contributed by atoms with Crippen LogP contribution in [0.4, 0.5) is 0 Å². The third kappa shape index (κ3) is 3.78. The van der Waals surface area contributed by atoms with Gasteiger partial charge in [-0.05, 0) is 14.0 Å². The molecule has 1 aromatic rings. The highest BCUT2D eigenvalue weighted by Crippen LogP contribution is 2.10. The summed E-state index contributed by atoms with van der Waals surface area (Å²) in [5, 5.41) is 3.00. The van der Waals surface area contributed by atoms with Crippen molar-refractivity contribution in [2.75, 3.05) is 33.2 Å². The first kappa shape index (κ1) is 14.1. The fourth-order valence-electron chi connectivity index (χ4n) is 1.81. The lowest BCUT2D eigenvalue weighted by atomic mass is 10.2. The number of likely N-dealkylation sites (N-methyl/N-ethyl adjacent to an activating group) is 1. The molecule has 17 heavy (non-hydrogen) atoms. The lowest BCUT2D eigenvalue weighted by Gasteiger charge is -2.32. The fourth-order valence-corrected chi connectivity index (χ4v) is 2.42. The maximum absolute atomic E-state index is 12.0.